The summed E-state index contributed by atoms with van der Waals surface area (Å²) in [7, 11) is 0. The maximum absolute atomic E-state index is 12.3. The summed E-state index contributed by atoms with van der Waals surface area (Å²) in [6, 6.07) is 17.8. The third-order valence-electron chi connectivity index (χ3n) is 4.87. The van der Waals surface area contributed by atoms with Gasteiger partial charge in [-0.25, -0.2) is 9.78 Å². The van der Waals surface area contributed by atoms with Crippen molar-refractivity contribution in [2.24, 2.45) is 0 Å². The molecular weight excluding hydrogens is 352 g/mol. The monoisotopic (exact) mass is 376 g/mol. The number of urea groups is 1. The Morgan fingerprint density at radius 3 is 2.57 bits per heavy atom. The average molecular weight is 376 g/mol. The fourth-order valence-corrected chi connectivity index (χ4v) is 3.42. The number of rotatable bonds is 5. The van der Waals surface area contributed by atoms with Gasteiger partial charge in [-0.2, -0.15) is 5.10 Å². The number of nitrogens with zero attached hydrogens (tertiary/aromatic N) is 4. The van der Waals surface area contributed by atoms with Crippen LogP contribution in [0.25, 0.3) is 0 Å². The predicted octanol–water partition coefficient (Wildman–Crippen LogP) is 3.12. The molecule has 1 aliphatic heterocycles. The number of piperidine rings is 1. The van der Waals surface area contributed by atoms with Crippen LogP contribution in [0.15, 0.2) is 67.0 Å². The largest absolute Gasteiger partial charge is 0.356 e. The summed E-state index contributed by atoms with van der Waals surface area (Å²) < 4.78 is 1.82. The molecule has 0 saturated carbocycles. The van der Waals surface area contributed by atoms with Gasteiger partial charge in [0.05, 0.1) is 6.54 Å². The first-order valence-corrected chi connectivity index (χ1v) is 9.57. The molecule has 7 nitrogen and oxygen atoms in total. The van der Waals surface area contributed by atoms with Crippen LogP contribution < -0.4 is 15.5 Å². The molecule has 0 unspecified atom stereocenters. The quantitative estimate of drug-likeness (QED) is 0.717. The van der Waals surface area contributed by atoms with E-state index in [1.54, 1.807) is 0 Å². The fraction of sp³-hybridized carbons (Fsp3) is 0.286. The van der Waals surface area contributed by atoms with Crippen LogP contribution in [-0.2, 0) is 6.54 Å². The van der Waals surface area contributed by atoms with Gasteiger partial charge in [-0.3, -0.25) is 10.00 Å². The van der Waals surface area contributed by atoms with Gasteiger partial charge in [0.1, 0.15) is 5.82 Å². The molecule has 28 heavy (non-hydrogen) atoms. The molecule has 2 N–H and O–H groups in total. The van der Waals surface area contributed by atoms with Crippen LogP contribution in [0.4, 0.5) is 16.4 Å². The zero-order valence-electron chi connectivity index (χ0n) is 15.7. The zero-order valence-corrected chi connectivity index (χ0v) is 15.7. The lowest BCUT2D eigenvalue weighted by Gasteiger charge is -2.33. The maximum atomic E-state index is 12.3. The van der Waals surface area contributed by atoms with Gasteiger partial charge in [0.2, 0.25) is 0 Å². The number of benzene rings is 1. The number of pyridine rings is 1. The predicted molar refractivity (Wildman–Crippen MR) is 109 cm³/mol. The van der Waals surface area contributed by atoms with E-state index in [0.717, 1.165) is 31.7 Å². The summed E-state index contributed by atoms with van der Waals surface area (Å²) in [5, 5.41) is 10.3. The number of aromatic nitrogens is 3. The van der Waals surface area contributed by atoms with E-state index in [9.17, 15) is 4.79 Å². The highest BCUT2D eigenvalue weighted by Crippen LogP contribution is 2.17. The van der Waals surface area contributed by atoms with Gasteiger partial charge in [0.25, 0.3) is 0 Å². The Balaban J connectivity index is 1.24. The summed E-state index contributed by atoms with van der Waals surface area (Å²) >= 11 is 0. The van der Waals surface area contributed by atoms with Crippen LogP contribution >= 0.6 is 0 Å². The molecule has 7 heteroatoms. The van der Waals surface area contributed by atoms with Crippen LogP contribution in [0, 0.1) is 0 Å². The molecule has 2 amide bonds. The Kier molecular flexibility index (Phi) is 5.51. The lowest BCUT2D eigenvalue weighted by atomic mass is 10.1. The Bertz CT molecular complexity index is 888. The smallest absolute Gasteiger partial charge is 0.320 e. The zero-order chi connectivity index (χ0) is 19.2. The summed E-state index contributed by atoms with van der Waals surface area (Å²) in [5.41, 5.74) is 1.17. The van der Waals surface area contributed by atoms with E-state index in [4.69, 9.17) is 0 Å². The highest BCUT2D eigenvalue weighted by Gasteiger charge is 2.21. The van der Waals surface area contributed by atoms with Crippen molar-refractivity contribution in [1.82, 2.24) is 20.1 Å². The van der Waals surface area contributed by atoms with Crippen LogP contribution in [0.3, 0.4) is 0 Å². The number of anilines is 2. The molecule has 3 heterocycles. The number of amides is 2. The summed E-state index contributed by atoms with van der Waals surface area (Å²) in [4.78, 5) is 18.9. The van der Waals surface area contributed by atoms with Crippen molar-refractivity contribution in [3.05, 3.63) is 72.6 Å². The third-order valence-corrected chi connectivity index (χ3v) is 4.87. The Labute approximate surface area is 164 Å². The van der Waals surface area contributed by atoms with Crippen molar-refractivity contribution < 1.29 is 4.79 Å². The maximum Gasteiger partial charge on any atom is 0.320 e. The molecule has 2 aromatic heterocycles. The molecular formula is C21H24N6O. The standard InChI is InChI=1S/C21H24N6O/c28-21(23-18-9-13-26(14-10-18)20-8-4-5-12-22-20)24-19-11-15-27(25-19)16-17-6-2-1-3-7-17/h1-8,11-12,15,18H,9-10,13-14,16H2,(H2,23,24,25,28). The van der Waals surface area contributed by atoms with E-state index in [0.29, 0.717) is 12.4 Å². The van der Waals surface area contributed by atoms with Gasteiger partial charge in [-0.15, -0.1) is 0 Å². The summed E-state index contributed by atoms with van der Waals surface area (Å²) in [6.45, 7) is 2.44. The molecule has 0 aliphatic carbocycles. The highest BCUT2D eigenvalue weighted by atomic mass is 16.2. The number of carbonyl (C=O) groups is 1. The molecule has 0 atom stereocenters. The van der Waals surface area contributed by atoms with E-state index < -0.39 is 0 Å². The fourth-order valence-electron chi connectivity index (χ4n) is 3.42. The van der Waals surface area contributed by atoms with E-state index in [1.165, 1.54) is 5.56 Å². The van der Waals surface area contributed by atoms with Gasteiger partial charge < -0.3 is 10.2 Å². The van der Waals surface area contributed by atoms with Crippen LogP contribution in [0.2, 0.25) is 0 Å². The highest BCUT2D eigenvalue weighted by molar-refractivity contribution is 5.88. The second-order valence-corrected chi connectivity index (χ2v) is 6.93. The molecule has 144 valence electrons. The van der Waals surface area contributed by atoms with Crippen molar-refractivity contribution in [1.29, 1.82) is 0 Å². The van der Waals surface area contributed by atoms with E-state index in [-0.39, 0.29) is 12.1 Å². The second-order valence-electron chi connectivity index (χ2n) is 6.93. The van der Waals surface area contributed by atoms with E-state index in [2.05, 4.69) is 37.7 Å². The lowest BCUT2D eigenvalue weighted by Crippen LogP contribution is -2.46. The number of carbonyl (C=O) groups excluding carboxylic acids is 1. The van der Waals surface area contributed by atoms with Crippen molar-refractivity contribution in [3.63, 3.8) is 0 Å². The number of nitrogens with one attached hydrogen (secondary N) is 2. The van der Waals surface area contributed by atoms with Crippen molar-refractivity contribution in [2.75, 3.05) is 23.3 Å². The molecule has 3 aromatic rings. The molecule has 0 radical (unpaired) electrons. The van der Waals surface area contributed by atoms with Crippen LogP contribution in [-0.4, -0.2) is 39.9 Å². The minimum absolute atomic E-state index is 0.159. The first-order chi connectivity index (χ1) is 13.8. The summed E-state index contributed by atoms with van der Waals surface area (Å²) in [6.07, 6.45) is 5.47. The Hall–Kier alpha value is -3.35. The van der Waals surface area contributed by atoms with Crippen molar-refractivity contribution in [3.8, 4) is 0 Å². The Morgan fingerprint density at radius 2 is 1.82 bits per heavy atom. The van der Waals surface area contributed by atoms with Crippen LogP contribution in [0.5, 0.6) is 0 Å². The van der Waals surface area contributed by atoms with Gasteiger partial charge in [0, 0.05) is 37.6 Å². The molecule has 0 bridgehead atoms. The molecule has 1 saturated heterocycles. The number of hydrogen-bond acceptors (Lipinski definition) is 4. The van der Waals surface area contributed by atoms with Gasteiger partial charge >= 0.3 is 6.03 Å². The third kappa shape index (κ3) is 4.68. The van der Waals surface area contributed by atoms with Crippen molar-refractivity contribution in [2.45, 2.75) is 25.4 Å². The first kappa shape index (κ1) is 18.0. The molecule has 1 aromatic carbocycles. The van der Waals surface area contributed by atoms with Crippen LogP contribution in [0.1, 0.15) is 18.4 Å². The average Bonchev–Trinajstić information content (AvgIpc) is 3.16. The van der Waals surface area contributed by atoms with Gasteiger partial charge in [-0.1, -0.05) is 36.4 Å². The SMILES string of the molecule is O=C(Nc1ccn(Cc2ccccc2)n1)NC1CCN(c2ccccn2)CC1. The van der Waals surface area contributed by atoms with E-state index in [1.807, 2.05) is 59.5 Å². The van der Waals surface area contributed by atoms with Crippen molar-refractivity contribution >= 4 is 17.7 Å². The molecule has 0 spiro atoms. The minimum Gasteiger partial charge on any atom is -0.356 e. The molecule has 4 rings (SSSR count). The van der Waals surface area contributed by atoms with Gasteiger partial charge in [0.15, 0.2) is 5.82 Å². The minimum atomic E-state index is -0.207. The van der Waals surface area contributed by atoms with Gasteiger partial charge in [-0.05, 0) is 30.5 Å². The normalized spacial score (nSPS) is 14.6. The lowest BCUT2D eigenvalue weighted by molar-refractivity contribution is 0.246. The van der Waals surface area contributed by atoms with E-state index >= 15 is 0 Å². The molecule has 1 fully saturated rings. The topological polar surface area (TPSA) is 75.1 Å². The molecule has 1 aliphatic rings. The number of hydrogen-bond donors (Lipinski definition) is 2. The second kappa shape index (κ2) is 8.56. The summed E-state index contributed by atoms with van der Waals surface area (Å²) in [5.74, 6) is 1.55. The Morgan fingerprint density at radius 1 is 1.04 bits per heavy atom. The first-order valence-electron chi connectivity index (χ1n) is 9.57.